The number of nitrogen functional groups attached to an aromatic ring is 1. The maximum absolute atomic E-state index is 13.1. The van der Waals surface area contributed by atoms with Gasteiger partial charge in [-0.05, 0) is 54.6 Å². The zero-order valence-corrected chi connectivity index (χ0v) is 16.6. The van der Waals surface area contributed by atoms with Crippen molar-refractivity contribution in [2.45, 2.75) is 64.8 Å². The molecule has 0 aliphatic carbocycles. The average molecular weight is 362 g/mol. The van der Waals surface area contributed by atoms with Gasteiger partial charge in [-0.1, -0.05) is 33.8 Å². The van der Waals surface area contributed by atoms with Gasteiger partial charge < -0.3 is 10.2 Å². The monoisotopic (exact) mass is 361 g/mol. The van der Waals surface area contributed by atoms with E-state index in [2.05, 4.69) is 33.9 Å². The van der Waals surface area contributed by atoms with Crippen molar-refractivity contribution in [3.05, 3.63) is 29.3 Å². The van der Waals surface area contributed by atoms with Crippen LogP contribution in [0.5, 0.6) is 0 Å². The third-order valence-corrected chi connectivity index (χ3v) is 9.44. The van der Waals surface area contributed by atoms with Gasteiger partial charge in [-0.3, -0.25) is 0 Å². The lowest BCUT2D eigenvalue weighted by atomic mass is 9.96. The van der Waals surface area contributed by atoms with E-state index < -0.39 is 20.1 Å². The minimum Gasteiger partial charge on any atom is -0.417 e. The maximum atomic E-state index is 13.1. The number of benzene rings is 1. The number of nitrogens with two attached hydrogens (primary N) is 1. The minimum absolute atomic E-state index is 0.125. The Hall–Kier alpha value is -1.01. The fourth-order valence-corrected chi connectivity index (χ4v) is 3.32. The second kappa shape index (κ2) is 7.48. The van der Waals surface area contributed by atoms with E-state index >= 15 is 0 Å². The van der Waals surface area contributed by atoms with Gasteiger partial charge in [0.25, 0.3) is 0 Å². The number of anilines is 1. The molecule has 1 rings (SSSR count). The number of hydrogen-bond acceptors (Lipinski definition) is 2. The molecular weight excluding hydrogens is 331 g/mol. The van der Waals surface area contributed by atoms with E-state index in [9.17, 15) is 13.2 Å². The second-order valence-electron chi connectivity index (χ2n) is 8.09. The smallest absolute Gasteiger partial charge is 0.416 e. The van der Waals surface area contributed by atoms with Crippen LogP contribution in [0.2, 0.25) is 18.1 Å². The van der Waals surface area contributed by atoms with Gasteiger partial charge >= 0.3 is 6.18 Å². The van der Waals surface area contributed by atoms with Crippen molar-refractivity contribution in [2.75, 3.05) is 12.3 Å². The Morgan fingerprint density at radius 3 is 2.25 bits per heavy atom. The highest BCUT2D eigenvalue weighted by Crippen LogP contribution is 2.37. The summed E-state index contributed by atoms with van der Waals surface area (Å²) in [5, 5.41) is 0.125. The molecule has 2 N–H and O–H groups in total. The Morgan fingerprint density at radius 1 is 1.17 bits per heavy atom. The van der Waals surface area contributed by atoms with Crippen LogP contribution in [-0.4, -0.2) is 14.9 Å². The van der Waals surface area contributed by atoms with Crippen LogP contribution in [0, 0.1) is 5.92 Å². The molecule has 0 bridgehead atoms. The molecule has 1 unspecified atom stereocenters. The van der Waals surface area contributed by atoms with Gasteiger partial charge in [0, 0.05) is 12.3 Å². The molecule has 0 aliphatic rings. The minimum atomic E-state index is -4.37. The molecule has 0 saturated carbocycles. The first-order valence-corrected chi connectivity index (χ1v) is 11.2. The lowest BCUT2D eigenvalue weighted by Crippen LogP contribution is -2.41. The lowest BCUT2D eigenvalue weighted by Gasteiger charge is -2.37. The lowest BCUT2D eigenvalue weighted by molar-refractivity contribution is -0.138. The molecule has 0 spiro atoms. The number of rotatable bonds is 6. The fraction of sp³-hybridized carbons (Fsp3) is 0.667. The van der Waals surface area contributed by atoms with Crippen molar-refractivity contribution in [3.63, 3.8) is 0 Å². The SMILES string of the molecule is CC(CCc1c(N)cccc1C(F)(F)F)CO[Si](C)(C)C(C)(C)C. The summed E-state index contributed by atoms with van der Waals surface area (Å²) in [5.41, 5.74) is 5.56. The van der Waals surface area contributed by atoms with Gasteiger partial charge in [0.1, 0.15) is 0 Å². The summed E-state index contributed by atoms with van der Waals surface area (Å²) < 4.78 is 45.5. The van der Waals surface area contributed by atoms with E-state index in [-0.39, 0.29) is 22.2 Å². The molecule has 0 fully saturated rings. The van der Waals surface area contributed by atoms with Crippen LogP contribution in [0.15, 0.2) is 18.2 Å². The van der Waals surface area contributed by atoms with Crippen molar-refractivity contribution in [1.82, 2.24) is 0 Å². The summed E-state index contributed by atoms with van der Waals surface area (Å²) in [6.07, 6.45) is -3.44. The van der Waals surface area contributed by atoms with E-state index in [1.165, 1.54) is 12.1 Å². The normalized spacial score (nSPS) is 14.7. The first-order chi connectivity index (χ1) is 10.8. The zero-order valence-electron chi connectivity index (χ0n) is 15.6. The zero-order chi connectivity index (χ0) is 18.8. The quantitative estimate of drug-likeness (QED) is 0.507. The van der Waals surface area contributed by atoms with Crippen LogP contribution in [0.4, 0.5) is 18.9 Å². The van der Waals surface area contributed by atoms with Gasteiger partial charge in [0.2, 0.25) is 0 Å². The number of alkyl halides is 3. The standard InChI is InChI=1S/C18H30F3NOSi/c1-13(12-23-24(5,6)17(2,3)4)10-11-14-15(18(19,20)21)8-7-9-16(14)22/h7-9,13H,10-12,22H2,1-6H3. The fourth-order valence-electron chi connectivity index (χ4n) is 2.19. The molecule has 0 heterocycles. The predicted molar refractivity (Wildman–Crippen MR) is 96.5 cm³/mol. The highest BCUT2D eigenvalue weighted by Gasteiger charge is 2.37. The molecule has 0 amide bonds. The van der Waals surface area contributed by atoms with Gasteiger partial charge in [-0.15, -0.1) is 0 Å². The van der Waals surface area contributed by atoms with Gasteiger partial charge in [-0.25, -0.2) is 0 Å². The van der Waals surface area contributed by atoms with Crippen LogP contribution >= 0.6 is 0 Å². The highest BCUT2D eigenvalue weighted by molar-refractivity contribution is 6.74. The Kier molecular flexibility index (Phi) is 6.55. The molecule has 1 aromatic carbocycles. The van der Waals surface area contributed by atoms with Crippen LogP contribution in [0.1, 0.15) is 45.2 Å². The van der Waals surface area contributed by atoms with Gasteiger partial charge in [0.15, 0.2) is 8.32 Å². The third-order valence-electron chi connectivity index (χ3n) is 4.94. The van der Waals surface area contributed by atoms with E-state index in [4.69, 9.17) is 10.2 Å². The molecule has 6 heteroatoms. The molecule has 24 heavy (non-hydrogen) atoms. The van der Waals surface area contributed by atoms with Crippen molar-refractivity contribution >= 4 is 14.0 Å². The van der Waals surface area contributed by atoms with Crippen molar-refractivity contribution in [3.8, 4) is 0 Å². The second-order valence-corrected chi connectivity index (χ2v) is 12.9. The van der Waals surface area contributed by atoms with Crippen LogP contribution in [-0.2, 0) is 17.0 Å². The summed E-state index contributed by atoms with van der Waals surface area (Å²) in [6, 6.07) is 3.98. The molecule has 1 atom stereocenters. The Labute approximate surface area is 144 Å². The van der Waals surface area contributed by atoms with Crippen molar-refractivity contribution in [1.29, 1.82) is 0 Å². The molecule has 138 valence electrons. The number of hydrogen-bond donors (Lipinski definition) is 1. The van der Waals surface area contributed by atoms with E-state index in [1.807, 2.05) is 6.92 Å². The summed E-state index contributed by atoms with van der Waals surface area (Å²) >= 11 is 0. The van der Waals surface area contributed by atoms with Gasteiger partial charge in [0.05, 0.1) is 5.56 Å². The van der Waals surface area contributed by atoms with E-state index in [1.54, 1.807) is 0 Å². The Balaban J connectivity index is 2.71. The molecule has 1 aromatic rings. The average Bonchev–Trinajstić information content (AvgIpc) is 2.41. The Bertz CT molecular complexity index is 550. The van der Waals surface area contributed by atoms with Gasteiger partial charge in [-0.2, -0.15) is 13.2 Å². The maximum Gasteiger partial charge on any atom is 0.416 e. The summed E-state index contributed by atoms with van der Waals surface area (Å²) in [4.78, 5) is 0. The first-order valence-electron chi connectivity index (χ1n) is 8.34. The number of halogens is 3. The van der Waals surface area contributed by atoms with Crippen LogP contribution in [0.3, 0.4) is 0 Å². The van der Waals surface area contributed by atoms with Crippen LogP contribution < -0.4 is 5.73 Å². The molecule has 0 aromatic heterocycles. The molecule has 0 radical (unpaired) electrons. The van der Waals surface area contributed by atoms with E-state index in [0.29, 0.717) is 19.4 Å². The largest absolute Gasteiger partial charge is 0.417 e. The molecule has 0 saturated heterocycles. The molecule has 0 aliphatic heterocycles. The predicted octanol–water partition coefficient (Wildman–Crippen LogP) is 5.88. The summed E-state index contributed by atoms with van der Waals surface area (Å²) in [6.45, 7) is 13.5. The third kappa shape index (κ3) is 5.52. The van der Waals surface area contributed by atoms with Crippen molar-refractivity contribution < 1.29 is 17.6 Å². The first kappa shape index (κ1) is 21.0. The summed E-state index contributed by atoms with van der Waals surface area (Å²) in [5.74, 6) is 0.180. The topological polar surface area (TPSA) is 35.2 Å². The summed E-state index contributed by atoms with van der Waals surface area (Å²) in [7, 11) is -1.83. The molecular formula is C18H30F3NOSi. The van der Waals surface area contributed by atoms with Crippen molar-refractivity contribution in [2.24, 2.45) is 5.92 Å². The highest BCUT2D eigenvalue weighted by atomic mass is 28.4. The Morgan fingerprint density at radius 2 is 1.75 bits per heavy atom. The van der Waals surface area contributed by atoms with E-state index in [0.717, 1.165) is 6.07 Å². The van der Waals surface area contributed by atoms with Crippen LogP contribution in [0.25, 0.3) is 0 Å². The molecule has 2 nitrogen and oxygen atoms in total.